The SMILES string of the molecule is Cc1cc(C)c2c(CN)nn(C)c2n1. The van der Waals surface area contributed by atoms with Crippen LogP contribution in [0.15, 0.2) is 6.07 Å². The lowest BCUT2D eigenvalue weighted by Gasteiger charge is -1.99. The lowest BCUT2D eigenvalue weighted by atomic mass is 10.1. The number of aromatic nitrogens is 3. The second-order valence-corrected chi connectivity index (χ2v) is 3.55. The van der Waals surface area contributed by atoms with Crippen LogP contribution in [0.4, 0.5) is 0 Å². The third kappa shape index (κ3) is 1.19. The van der Waals surface area contributed by atoms with Gasteiger partial charge in [-0.1, -0.05) is 0 Å². The van der Waals surface area contributed by atoms with Gasteiger partial charge in [0.25, 0.3) is 0 Å². The Morgan fingerprint density at radius 3 is 2.79 bits per heavy atom. The molecule has 0 amide bonds. The van der Waals surface area contributed by atoms with Gasteiger partial charge in [0, 0.05) is 24.7 Å². The van der Waals surface area contributed by atoms with Gasteiger partial charge in [-0.15, -0.1) is 0 Å². The molecule has 0 saturated carbocycles. The van der Waals surface area contributed by atoms with Crippen LogP contribution in [-0.2, 0) is 13.6 Å². The number of pyridine rings is 1. The van der Waals surface area contributed by atoms with Crippen molar-refractivity contribution >= 4 is 11.0 Å². The van der Waals surface area contributed by atoms with E-state index in [4.69, 9.17) is 5.73 Å². The molecular weight excluding hydrogens is 176 g/mol. The van der Waals surface area contributed by atoms with Gasteiger partial charge in [0.05, 0.1) is 5.69 Å². The molecule has 2 rings (SSSR count). The largest absolute Gasteiger partial charge is 0.325 e. The van der Waals surface area contributed by atoms with E-state index >= 15 is 0 Å². The van der Waals surface area contributed by atoms with Gasteiger partial charge < -0.3 is 5.73 Å². The van der Waals surface area contributed by atoms with E-state index in [-0.39, 0.29) is 0 Å². The average molecular weight is 190 g/mol. The Bertz CT molecular complexity index is 484. The molecule has 2 aromatic heterocycles. The molecule has 74 valence electrons. The topological polar surface area (TPSA) is 56.7 Å². The molecule has 4 heteroatoms. The highest BCUT2D eigenvalue weighted by Crippen LogP contribution is 2.20. The second-order valence-electron chi connectivity index (χ2n) is 3.55. The number of nitrogens with two attached hydrogens (primary N) is 1. The molecule has 2 aromatic rings. The van der Waals surface area contributed by atoms with Crippen molar-refractivity contribution in [3.05, 3.63) is 23.0 Å². The van der Waals surface area contributed by atoms with Crippen LogP contribution in [-0.4, -0.2) is 14.8 Å². The van der Waals surface area contributed by atoms with Crippen LogP contribution in [0.5, 0.6) is 0 Å². The van der Waals surface area contributed by atoms with Gasteiger partial charge in [-0.2, -0.15) is 5.10 Å². The Hall–Kier alpha value is -1.42. The van der Waals surface area contributed by atoms with Gasteiger partial charge in [-0.3, -0.25) is 4.68 Å². The van der Waals surface area contributed by atoms with Crippen LogP contribution in [0.3, 0.4) is 0 Å². The maximum atomic E-state index is 5.63. The molecule has 0 unspecified atom stereocenters. The van der Waals surface area contributed by atoms with E-state index in [1.165, 1.54) is 5.56 Å². The van der Waals surface area contributed by atoms with Crippen LogP contribution in [0, 0.1) is 13.8 Å². The summed E-state index contributed by atoms with van der Waals surface area (Å²) in [7, 11) is 1.90. The third-order valence-electron chi connectivity index (χ3n) is 2.38. The molecule has 0 radical (unpaired) electrons. The number of aryl methyl sites for hydroxylation is 3. The summed E-state index contributed by atoms with van der Waals surface area (Å²) in [6.07, 6.45) is 0. The predicted octanol–water partition coefficient (Wildman–Crippen LogP) is 1.04. The molecule has 14 heavy (non-hydrogen) atoms. The maximum Gasteiger partial charge on any atom is 0.158 e. The van der Waals surface area contributed by atoms with Gasteiger partial charge in [-0.25, -0.2) is 4.98 Å². The van der Waals surface area contributed by atoms with Crippen LogP contribution in [0.1, 0.15) is 17.0 Å². The highest BCUT2D eigenvalue weighted by molar-refractivity contribution is 5.82. The smallest absolute Gasteiger partial charge is 0.158 e. The summed E-state index contributed by atoms with van der Waals surface area (Å²) >= 11 is 0. The molecule has 0 spiro atoms. The predicted molar refractivity (Wildman–Crippen MR) is 55.9 cm³/mol. The highest BCUT2D eigenvalue weighted by atomic mass is 15.3. The number of hydrogen-bond donors (Lipinski definition) is 1. The van der Waals surface area contributed by atoms with Gasteiger partial charge in [-0.05, 0) is 25.5 Å². The van der Waals surface area contributed by atoms with E-state index in [0.717, 1.165) is 22.4 Å². The third-order valence-corrected chi connectivity index (χ3v) is 2.38. The molecule has 0 aliphatic carbocycles. The normalized spacial score (nSPS) is 11.1. The van der Waals surface area contributed by atoms with Gasteiger partial charge >= 0.3 is 0 Å². The minimum atomic E-state index is 0.461. The van der Waals surface area contributed by atoms with Crippen LogP contribution < -0.4 is 5.73 Å². The van der Waals surface area contributed by atoms with E-state index in [1.807, 2.05) is 14.0 Å². The lowest BCUT2D eigenvalue weighted by molar-refractivity contribution is 0.757. The summed E-state index contributed by atoms with van der Waals surface area (Å²) in [4.78, 5) is 4.45. The van der Waals surface area contributed by atoms with Crippen LogP contribution >= 0.6 is 0 Å². The summed E-state index contributed by atoms with van der Waals surface area (Å²) in [5.41, 5.74) is 9.69. The lowest BCUT2D eigenvalue weighted by Crippen LogP contribution is -1.99. The monoisotopic (exact) mass is 190 g/mol. The fourth-order valence-corrected chi connectivity index (χ4v) is 1.83. The highest BCUT2D eigenvalue weighted by Gasteiger charge is 2.10. The van der Waals surface area contributed by atoms with Crippen molar-refractivity contribution in [2.75, 3.05) is 0 Å². The zero-order chi connectivity index (χ0) is 10.3. The quantitative estimate of drug-likeness (QED) is 0.731. The van der Waals surface area contributed by atoms with Gasteiger partial charge in [0.1, 0.15) is 0 Å². The number of hydrogen-bond acceptors (Lipinski definition) is 3. The fourth-order valence-electron chi connectivity index (χ4n) is 1.83. The van der Waals surface area contributed by atoms with Crippen LogP contribution in [0.2, 0.25) is 0 Å². The second kappa shape index (κ2) is 3.06. The summed E-state index contributed by atoms with van der Waals surface area (Å²) in [6.45, 7) is 4.52. The molecule has 2 heterocycles. The zero-order valence-electron chi connectivity index (χ0n) is 8.70. The molecule has 0 saturated heterocycles. The maximum absolute atomic E-state index is 5.63. The Kier molecular flexibility index (Phi) is 2.00. The van der Waals surface area contributed by atoms with Crippen molar-refractivity contribution in [1.29, 1.82) is 0 Å². The molecule has 0 fully saturated rings. The summed E-state index contributed by atoms with van der Waals surface area (Å²) in [6, 6.07) is 2.06. The summed E-state index contributed by atoms with van der Waals surface area (Å²) in [5, 5.41) is 5.44. The number of nitrogens with zero attached hydrogens (tertiary/aromatic N) is 3. The van der Waals surface area contributed by atoms with E-state index in [0.29, 0.717) is 6.54 Å². The zero-order valence-corrected chi connectivity index (χ0v) is 8.70. The molecule has 0 aromatic carbocycles. The van der Waals surface area contributed by atoms with Crippen molar-refractivity contribution < 1.29 is 0 Å². The first kappa shape index (κ1) is 9.15. The first-order chi connectivity index (χ1) is 6.63. The minimum Gasteiger partial charge on any atom is -0.325 e. The Balaban J connectivity index is 2.89. The Morgan fingerprint density at radius 1 is 1.43 bits per heavy atom. The molecule has 0 atom stereocenters. The van der Waals surface area contributed by atoms with Crippen molar-refractivity contribution in [3.63, 3.8) is 0 Å². The van der Waals surface area contributed by atoms with E-state index in [9.17, 15) is 0 Å². The molecule has 4 nitrogen and oxygen atoms in total. The first-order valence-corrected chi connectivity index (χ1v) is 4.63. The number of rotatable bonds is 1. The van der Waals surface area contributed by atoms with Crippen molar-refractivity contribution in [1.82, 2.24) is 14.8 Å². The molecule has 0 aliphatic heterocycles. The fraction of sp³-hybridized carbons (Fsp3) is 0.400. The number of fused-ring (bicyclic) bond motifs is 1. The van der Waals surface area contributed by atoms with Gasteiger partial charge in [0.15, 0.2) is 5.65 Å². The van der Waals surface area contributed by atoms with E-state index in [1.54, 1.807) is 4.68 Å². The van der Waals surface area contributed by atoms with Crippen LogP contribution in [0.25, 0.3) is 11.0 Å². The molecular formula is C10H14N4. The van der Waals surface area contributed by atoms with E-state index < -0.39 is 0 Å². The van der Waals surface area contributed by atoms with Crippen molar-refractivity contribution in [3.8, 4) is 0 Å². The Labute approximate surface area is 82.7 Å². The first-order valence-electron chi connectivity index (χ1n) is 4.63. The van der Waals surface area contributed by atoms with Gasteiger partial charge in [0.2, 0.25) is 0 Å². The van der Waals surface area contributed by atoms with E-state index in [2.05, 4.69) is 23.1 Å². The summed E-state index contributed by atoms with van der Waals surface area (Å²) in [5.74, 6) is 0. The molecule has 0 aliphatic rings. The van der Waals surface area contributed by atoms with Crippen molar-refractivity contribution in [2.24, 2.45) is 12.8 Å². The summed E-state index contributed by atoms with van der Waals surface area (Å²) < 4.78 is 1.79. The molecule has 2 N–H and O–H groups in total. The van der Waals surface area contributed by atoms with Crippen molar-refractivity contribution in [2.45, 2.75) is 20.4 Å². The minimum absolute atomic E-state index is 0.461. The molecule has 0 bridgehead atoms. The average Bonchev–Trinajstić information content (AvgIpc) is 2.43. The Morgan fingerprint density at radius 2 is 2.14 bits per heavy atom. The standard InChI is InChI=1S/C10H14N4/c1-6-4-7(2)12-10-9(6)8(5-11)13-14(10)3/h4H,5,11H2,1-3H3.